The fourth-order valence-corrected chi connectivity index (χ4v) is 3.09. The number of H-pyrrole nitrogens is 1. The Hall–Kier alpha value is -1.48. The molecule has 1 aromatic heterocycles. The van der Waals surface area contributed by atoms with Gasteiger partial charge in [0.05, 0.1) is 0 Å². The summed E-state index contributed by atoms with van der Waals surface area (Å²) in [7, 11) is 0. The smallest absolute Gasteiger partial charge is 0.225 e. The highest BCUT2D eigenvalue weighted by Gasteiger charge is 2.27. The molecule has 1 heterocycles. The lowest BCUT2D eigenvalue weighted by Crippen LogP contribution is -2.44. The summed E-state index contributed by atoms with van der Waals surface area (Å²) in [4.78, 5) is 15.6. The summed E-state index contributed by atoms with van der Waals surface area (Å²) in [5.74, 6) is 0.119. The van der Waals surface area contributed by atoms with Gasteiger partial charge in [0.1, 0.15) is 0 Å². The largest absolute Gasteiger partial charge is 0.358 e. The van der Waals surface area contributed by atoms with Crippen LogP contribution in [0.25, 0.3) is 10.9 Å². The molecule has 3 nitrogen and oxygen atoms in total. The van der Waals surface area contributed by atoms with Crippen LogP contribution in [0.5, 0.6) is 0 Å². The number of rotatable bonds is 1. The van der Waals surface area contributed by atoms with Gasteiger partial charge >= 0.3 is 0 Å². The molecule has 1 unspecified atom stereocenters. The van der Waals surface area contributed by atoms with E-state index in [1.807, 2.05) is 39.0 Å². The maximum atomic E-state index is 12.2. The molecule has 0 fully saturated rings. The molecule has 1 atom stereocenters. The van der Waals surface area contributed by atoms with E-state index in [1.54, 1.807) is 0 Å². The minimum absolute atomic E-state index is 0.119. The Balaban J connectivity index is 1.86. The van der Waals surface area contributed by atoms with Crippen LogP contribution in [0.1, 0.15) is 38.4 Å². The van der Waals surface area contributed by atoms with Crippen molar-refractivity contribution in [2.45, 2.75) is 46.1 Å². The Labute approximate surface area is 130 Å². The zero-order chi connectivity index (χ0) is 15.2. The van der Waals surface area contributed by atoms with Gasteiger partial charge in [0.25, 0.3) is 0 Å². The third-order valence-electron chi connectivity index (χ3n) is 4.17. The van der Waals surface area contributed by atoms with E-state index in [0.717, 1.165) is 29.8 Å². The fourth-order valence-electron chi connectivity index (χ4n) is 2.91. The van der Waals surface area contributed by atoms with Crippen LogP contribution in [-0.4, -0.2) is 16.9 Å². The van der Waals surface area contributed by atoms with Gasteiger partial charge in [0.2, 0.25) is 5.91 Å². The van der Waals surface area contributed by atoms with Crippen LogP contribution in [-0.2, 0) is 17.6 Å². The lowest BCUT2D eigenvalue weighted by Gasteiger charge is -2.27. The van der Waals surface area contributed by atoms with Gasteiger partial charge in [-0.2, -0.15) is 0 Å². The molecule has 1 aliphatic rings. The first-order valence-corrected chi connectivity index (χ1v) is 7.82. The molecule has 112 valence electrons. The number of nitrogens with one attached hydrogen (secondary N) is 2. The second-order valence-corrected chi connectivity index (χ2v) is 7.37. The molecule has 0 radical (unpaired) electrons. The average molecular weight is 305 g/mol. The summed E-state index contributed by atoms with van der Waals surface area (Å²) in [6.45, 7) is 5.84. The Morgan fingerprint density at radius 1 is 1.38 bits per heavy atom. The predicted octanol–water partition coefficient (Wildman–Crippen LogP) is 3.84. The quantitative estimate of drug-likeness (QED) is 0.826. The third-order valence-corrected chi connectivity index (χ3v) is 4.40. The number of carbonyl (C=O) groups excluding carboxylic acids is 1. The van der Waals surface area contributed by atoms with E-state index in [0.29, 0.717) is 0 Å². The molecule has 21 heavy (non-hydrogen) atoms. The highest BCUT2D eigenvalue weighted by Crippen LogP contribution is 2.31. The van der Waals surface area contributed by atoms with Gasteiger partial charge in [-0.25, -0.2) is 0 Å². The van der Waals surface area contributed by atoms with Gasteiger partial charge in [0, 0.05) is 33.1 Å². The SMILES string of the molecule is CC(C)(C)C(=O)NC1CCc2[nH]c3ccc(Cl)cc3c2C1. The summed E-state index contributed by atoms with van der Waals surface area (Å²) >= 11 is 6.12. The maximum absolute atomic E-state index is 12.2. The normalized spacial score (nSPS) is 18.6. The molecule has 3 rings (SSSR count). The van der Waals surface area contributed by atoms with E-state index >= 15 is 0 Å². The molecular weight excluding hydrogens is 284 g/mol. The van der Waals surface area contributed by atoms with Crippen LogP contribution < -0.4 is 5.32 Å². The molecule has 4 heteroatoms. The minimum atomic E-state index is -0.343. The summed E-state index contributed by atoms with van der Waals surface area (Å²) in [5, 5.41) is 5.12. The number of carbonyl (C=O) groups is 1. The molecule has 1 aromatic carbocycles. The van der Waals surface area contributed by atoms with Gasteiger partial charge in [0.15, 0.2) is 0 Å². The Morgan fingerprint density at radius 3 is 2.86 bits per heavy atom. The first kappa shape index (κ1) is 14.5. The average Bonchev–Trinajstić information content (AvgIpc) is 2.75. The number of hydrogen-bond acceptors (Lipinski definition) is 1. The highest BCUT2D eigenvalue weighted by molar-refractivity contribution is 6.31. The Kier molecular flexibility index (Phi) is 3.48. The number of fused-ring (bicyclic) bond motifs is 3. The summed E-state index contributed by atoms with van der Waals surface area (Å²) in [5.41, 5.74) is 3.38. The lowest BCUT2D eigenvalue weighted by molar-refractivity contribution is -0.129. The van der Waals surface area contributed by atoms with E-state index in [4.69, 9.17) is 11.6 Å². The maximum Gasteiger partial charge on any atom is 0.225 e. The van der Waals surface area contributed by atoms with Crippen molar-refractivity contribution in [3.05, 3.63) is 34.5 Å². The number of aromatic nitrogens is 1. The van der Waals surface area contributed by atoms with E-state index in [2.05, 4.69) is 10.3 Å². The molecule has 0 spiro atoms. The predicted molar refractivity (Wildman–Crippen MR) is 86.7 cm³/mol. The topological polar surface area (TPSA) is 44.9 Å². The fraction of sp³-hybridized carbons (Fsp3) is 0.471. The van der Waals surface area contributed by atoms with E-state index in [1.165, 1.54) is 16.6 Å². The van der Waals surface area contributed by atoms with Crippen LogP contribution in [0.3, 0.4) is 0 Å². The first-order valence-electron chi connectivity index (χ1n) is 7.44. The highest BCUT2D eigenvalue weighted by atomic mass is 35.5. The number of aryl methyl sites for hydroxylation is 1. The van der Waals surface area contributed by atoms with Gasteiger partial charge in [-0.15, -0.1) is 0 Å². The van der Waals surface area contributed by atoms with Crippen molar-refractivity contribution in [3.8, 4) is 0 Å². The molecule has 0 saturated carbocycles. The number of halogens is 1. The number of benzene rings is 1. The lowest BCUT2D eigenvalue weighted by atomic mass is 9.89. The first-order chi connectivity index (χ1) is 9.84. The van der Waals surface area contributed by atoms with Gasteiger partial charge < -0.3 is 10.3 Å². The zero-order valence-corrected chi connectivity index (χ0v) is 13.5. The van der Waals surface area contributed by atoms with E-state index in [-0.39, 0.29) is 17.4 Å². The van der Waals surface area contributed by atoms with Crippen LogP contribution >= 0.6 is 11.6 Å². The van der Waals surface area contributed by atoms with Crippen LogP contribution in [0.4, 0.5) is 0 Å². The van der Waals surface area contributed by atoms with E-state index < -0.39 is 0 Å². The molecular formula is C17H21ClN2O. The standard InChI is InChI=1S/C17H21ClN2O/c1-17(2,3)16(21)19-11-5-7-15-13(9-11)12-8-10(18)4-6-14(12)20-15/h4,6,8,11,20H,5,7,9H2,1-3H3,(H,19,21). The molecule has 2 aromatic rings. The number of hydrogen-bond donors (Lipinski definition) is 2. The van der Waals surface area contributed by atoms with E-state index in [9.17, 15) is 4.79 Å². The minimum Gasteiger partial charge on any atom is -0.358 e. The van der Waals surface area contributed by atoms with Crippen molar-refractivity contribution in [1.82, 2.24) is 10.3 Å². The summed E-state index contributed by atoms with van der Waals surface area (Å²) in [6.07, 6.45) is 2.82. The molecule has 1 amide bonds. The van der Waals surface area contributed by atoms with Crippen molar-refractivity contribution in [2.24, 2.45) is 5.41 Å². The van der Waals surface area contributed by atoms with Crippen molar-refractivity contribution < 1.29 is 4.79 Å². The van der Waals surface area contributed by atoms with Crippen LogP contribution in [0.2, 0.25) is 5.02 Å². The van der Waals surface area contributed by atoms with Gasteiger partial charge in [-0.05, 0) is 43.0 Å². The zero-order valence-electron chi connectivity index (χ0n) is 12.7. The second kappa shape index (κ2) is 5.06. The van der Waals surface area contributed by atoms with Crippen LogP contribution in [0, 0.1) is 5.41 Å². The molecule has 0 bridgehead atoms. The number of aromatic amines is 1. The summed E-state index contributed by atoms with van der Waals surface area (Å²) < 4.78 is 0. The van der Waals surface area contributed by atoms with Crippen molar-refractivity contribution in [3.63, 3.8) is 0 Å². The molecule has 0 aliphatic heterocycles. The summed E-state index contributed by atoms with van der Waals surface area (Å²) in [6, 6.07) is 6.16. The molecule has 1 aliphatic carbocycles. The van der Waals surface area contributed by atoms with Crippen molar-refractivity contribution in [1.29, 1.82) is 0 Å². The van der Waals surface area contributed by atoms with Crippen molar-refractivity contribution in [2.75, 3.05) is 0 Å². The number of amides is 1. The second-order valence-electron chi connectivity index (χ2n) is 6.94. The van der Waals surface area contributed by atoms with Gasteiger partial charge in [-0.3, -0.25) is 4.79 Å². The monoisotopic (exact) mass is 304 g/mol. The van der Waals surface area contributed by atoms with Crippen LogP contribution in [0.15, 0.2) is 18.2 Å². The van der Waals surface area contributed by atoms with Gasteiger partial charge in [-0.1, -0.05) is 32.4 Å². The molecule has 0 saturated heterocycles. The Morgan fingerprint density at radius 2 is 2.14 bits per heavy atom. The molecule has 2 N–H and O–H groups in total. The van der Waals surface area contributed by atoms with Crippen molar-refractivity contribution >= 4 is 28.4 Å². The Bertz CT molecular complexity index is 697. The third kappa shape index (κ3) is 2.80.